The molecular formula is C18H33N2O+. The molecule has 0 amide bonds. The lowest BCUT2D eigenvalue weighted by Crippen LogP contribution is -3.14. The third-order valence-electron chi connectivity index (χ3n) is 6.05. The SMILES string of the molecule is O=C(C1CCCCC1)C1CC[NH+](CC2CCCCN2)CC1. The van der Waals surface area contributed by atoms with E-state index in [9.17, 15) is 4.79 Å². The lowest BCUT2D eigenvalue weighted by atomic mass is 9.78. The molecule has 0 radical (unpaired) electrons. The minimum Gasteiger partial charge on any atom is -0.334 e. The van der Waals surface area contributed by atoms with Crippen LogP contribution in [-0.4, -0.2) is 38.0 Å². The maximum Gasteiger partial charge on any atom is 0.139 e. The highest BCUT2D eigenvalue weighted by Crippen LogP contribution is 2.28. The van der Waals surface area contributed by atoms with Gasteiger partial charge in [0.1, 0.15) is 5.78 Å². The van der Waals surface area contributed by atoms with E-state index in [1.165, 1.54) is 77.5 Å². The van der Waals surface area contributed by atoms with Gasteiger partial charge in [-0.15, -0.1) is 0 Å². The molecule has 2 N–H and O–H groups in total. The molecule has 2 aliphatic heterocycles. The van der Waals surface area contributed by atoms with Gasteiger partial charge in [-0.2, -0.15) is 0 Å². The van der Waals surface area contributed by atoms with Crippen molar-refractivity contribution in [3.8, 4) is 0 Å². The van der Waals surface area contributed by atoms with Gasteiger partial charge in [-0.1, -0.05) is 25.7 Å². The highest BCUT2D eigenvalue weighted by atomic mass is 16.1. The summed E-state index contributed by atoms with van der Waals surface area (Å²) in [5.74, 6) is 1.45. The van der Waals surface area contributed by atoms with Crippen molar-refractivity contribution in [2.24, 2.45) is 11.8 Å². The van der Waals surface area contributed by atoms with E-state index in [1.807, 2.05) is 0 Å². The van der Waals surface area contributed by atoms with E-state index in [0.29, 0.717) is 17.6 Å². The molecule has 0 spiro atoms. The first-order valence-corrected chi connectivity index (χ1v) is 9.43. The molecule has 0 bridgehead atoms. The van der Waals surface area contributed by atoms with Crippen LogP contribution in [0.1, 0.15) is 64.2 Å². The van der Waals surface area contributed by atoms with E-state index in [1.54, 1.807) is 4.90 Å². The maximum atomic E-state index is 12.6. The number of hydrogen-bond donors (Lipinski definition) is 2. The molecule has 0 aromatic carbocycles. The molecule has 2 saturated heterocycles. The van der Waals surface area contributed by atoms with Gasteiger partial charge >= 0.3 is 0 Å². The van der Waals surface area contributed by atoms with Gasteiger partial charge in [0.2, 0.25) is 0 Å². The van der Waals surface area contributed by atoms with E-state index in [2.05, 4.69) is 5.32 Å². The molecule has 0 aromatic heterocycles. The smallest absolute Gasteiger partial charge is 0.139 e. The second-order valence-corrected chi connectivity index (χ2v) is 7.61. The van der Waals surface area contributed by atoms with E-state index < -0.39 is 0 Å². The number of carbonyl (C=O) groups is 1. The summed E-state index contributed by atoms with van der Waals surface area (Å²) >= 11 is 0. The Bertz CT molecular complexity index is 324. The zero-order chi connectivity index (χ0) is 14.5. The highest BCUT2D eigenvalue weighted by Gasteiger charge is 2.33. The second kappa shape index (κ2) is 7.73. The van der Waals surface area contributed by atoms with Crippen molar-refractivity contribution in [2.75, 3.05) is 26.2 Å². The number of rotatable bonds is 4. The molecule has 1 unspecified atom stereocenters. The van der Waals surface area contributed by atoms with Crippen LogP contribution >= 0.6 is 0 Å². The number of Topliss-reactive ketones (excluding diaryl/α,β-unsaturated/α-hetero) is 1. The standard InChI is InChI=1S/C18H32N2O/c21-18(15-6-2-1-3-7-15)16-9-12-20(13-10-16)14-17-8-4-5-11-19-17/h15-17,19H,1-14H2/p+1. The summed E-state index contributed by atoms with van der Waals surface area (Å²) in [7, 11) is 0. The van der Waals surface area contributed by atoms with Gasteiger partial charge in [0, 0.05) is 24.7 Å². The number of ketones is 1. The Morgan fingerprint density at radius 3 is 2.19 bits per heavy atom. The second-order valence-electron chi connectivity index (χ2n) is 7.61. The number of quaternary nitrogens is 1. The number of carbonyl (C=O) groups excluding carboxylic acids is 1. The van der Waals surface area contributed by atoms with Crippen molar-refractivity contribution in [1.82, 2.24) is 5.32 Å². The van der Waals surface area contributed by atoms with Crippen LogP contribution in [0.3, 0.4) is 0 Å². The topological polar surface area (TPSA) is 33.5 Å². The molecule has 3 nitrogen and oxygen atoms in total. The minimum atomic E-state index is 0.399. The predicted octanol–water partition coefficient (Wildman–Crippen LogP) is 1.57. The van der Waals surface area contributed by atoms with Crippen LogP contribution in [0.5, 0.6) is 0 Å². The summed E-state index contributed by atoms with van der Waals surface area (Å²) in [6, 6.07) is 0.736. The lowest BCUT2D eigenvalue weighted by Gasteiger charge is -2.34. The molecule has 1 atom stereocenters. The molecule has 3 aliphatic rings. The van der Waals surface area contributed by atoms with E-state index in [0.717, 1.165) is 18.9 Å². The van der Waals surface area contributed by atoms with Crippen molar-refractivity contribution in [3.63, 3.8) is 0 Å². The van der Waals surface area contributed by atoms with Crippen LogP contribution in [0.15, 0.2) is 0 Å². The van der Waals surface area contributed by atoms with Crippen LogP contribution in [0, 0.1) is 11.8 Å². The number of nitrogens with one attached hydrogen (secondary N) is 2. The van der Waals surface area contributed by atoms with Gasteiger partial charge in [-0.25, -0.2) is 0 Å². The monoisotopic (exact) mass is 293 g/mol. The maximum absolute atomic E-state index is 12.6. The van der Waals surface area contributed by atoms with Crippen molar-refractivity contribution < 1.29 is 9.69 Å². The number of hydrogen-bond acceptors (Lipinski definition) is 2. The fourth-order valence-electron chi connectivity index (χ4n) is 4.68. The minimum absolute atomic E-state index is 0.399. The van der Waals surface area contributed by atoms with Crippen LogP contribution in [0.2, 0.25) is 0 Å². The average molecular weight is 293 g/mol. The average Bonchev–Trinajstić information content (AvgIpc) is 2.57. The molecule has 120 valence electrons. The van der Waals surface area contributed by atoms with Crippen LogP contribution in [0.4, 0.5) is 0 Å². The van der Waals surface area contributed by atoms with E-state index in [4.69, 9.17) is 0 Å². The van der Waals surface area contributed by atoms with Crippen molar-refractivity contribution in [1.29, 1.82) is 0 Å². The highest BCUT2D eigenvalue weighted by molar-refractivity contribution is 5.83. The van der Waals surface area contributed by atoms with Gasteiger partial charge in [0.25, 0.3) is 0 Å². The first-order valence-electron chi connectivity index (χ1n) is 9.43. The number of likely N-dealkylation sites (tertiary alicyclic amines) is 1. The van der Waals surface area contributed by atoms with Gasteiger partial charge in [0.15, 0.2) is 0 Å². The normalized spacial score (nSPS) is 35.5. The Kier molecular flexibility index (Phi) is 5.70. The van der Waals surface area contributed by atoms with Crippen molar-refractivity contribution in [2.45, 2.75) is 70.3 Å². The van der Waals surface area contributed by atoms with Gasteiger partial charge in [0.05, 0.1) is 25.7 Å². The Morgan fingerprint density at radius 1 is 0.857 bits per heavy atom. The lowest BCUT2D eigenvalue weighted by molar-refractivity contribution is -0.907. The zero-order valence-corrected chi connectivity index (χ0v) is 13.5. The molecular weight excluding hydrogens is 260 g/mol. The van der Waals surface area contributed by atoms with Gasteiger partial charge < -0.3 is 10.2 Å². The quantitative estimate of drug-likeness (QED) is 0.825. The Morgan fingerprint density at radius 2 is 1.52 bits per heavy atom. The molecule has 3 rings (SSSR count). The molecule has 2 heterocycles. The summed E-state index contributed by atoms with van der Waals surface area (Å²) < 4.78 is 0. The summed E-state index contributed by atoms with van der Waals surface area (Å²) in [5.41, 5.74) is 0. The molecule has 21 heavy (non-hydrogen) atoms. The Labute approximate surface area is 129 Å². The summed E-state index contributed by atoms with van der Waals surface area (Å²) in [6.45, 7) is 4.94. The van der Waals surface area contributed by atoms with Gasteiger partial charge in [-0.05, 0) is 32.2 Å². The third kappa shape index (κ3) is 4.29. The Balaban J connectivity index is 1.40. The zero-order valence-electron chi connectivity index (χ0n) is 13.5. The summed E-state index contributed by atoms with van der Waals surface area (Å²) in [6.07, 6.45) is 12.7. The fraction of sp³-hybridized carbons (Fsp3) is 0.944. The fourth-order valence-corrected chi connectivity index (χ4v) is 4.68. The first-order chi connectivity index (χ1) is 10.3. The van der Waals surface area contributed by atoms with Gasteiger partial charge in [-0.3, -0.25) is 4.79 Å². The predicted molar refractivity (Wildman–Crippen MR) is 85.5 cm³/mol. The largest absolute Gasteiger partial charge is 0.334 e. The summed E-state index contributed by atoms with van der Waals surface area (Å²) in [5, 5.41) is 3.66. The first kappa shape index (κ1) is 15.5. The third-order valence-corrected chi connectivity index (χ3v) is 6.05. The molecule has 1 aliphatic carbocycles. The van der Waals surface area contributed by atoms with E-state index >= 15 is 0 Å². The summed E-state index contributed by atoms with van der Waals surface area (Å²) in [4.78, 5) is 14.4. The van der Waals surface area contributed by atoms with Crippen LogP contribution < -0.4 is 10.2 Å². The van der Waals surface area contributed by atoms with E-state index in [-0.39, 0.29) is 0 Å². The number of piperidine rings is 2. The van der Waals surface area contributed by atoms with Crippen molar-refractivity contribution in [3.05, 3.63) is 0 Å². The Hall–Kier alpha value is -0.410. The molecule has 0 aromatic rings. The van der Waals surface area contributed by atoms with Crippen LogP contribution in [-0.2, 0) is 4.79 Å². The van der Waals surface area contributed by atoms with Crippen molar-refractivity contribution >= 4 is 5.78 Å². The molecule has 3 fully saturated rings. The van der Waals surface area contributed by atoms with Crippen LogP contribution in [0.25, 0.3) is 0 Å². The molecule has 1 saturated carbocycles. The molecule has 3 heteroatoms.